The zero-order valence-electron chi connectivity index (χ0n) is 19.3. The Hall–Kier alpha value is -3.35. The van der Waals surface area contributed by atoms with Crippen molar-refractivity contribution in [3.63, 3.8) is 0 Å². The molecule has 194 valence electrons. The number of carbonyl (C=O) groups is 3. The van der Waals surface area contributed by atoms with Crippen LogP contribution in [0.25, 0.3) is 0 Å². The van der Waals surface area contributed by atoms with Gasteiger partial charge in [0.25, 0.3) is 5.91 Å². The molecule has 1 aliphatic heterocycles. The summed E-state index contributed by atoms with van der Waals surface area (Å²) in [6, 6.07) is 0.220. The normalized spacial score (nSPS) is 19.2. The van der Waals surface area contributed by atoms with Crippen LogP contribution < -0.4 is 14.8 Å². The highest BCUT2D eigenvalue weighted by Crippen LogP contribution is 2.29. The summed E-state index contributed by atoms with van der Waals surface area (Å²) in [4.78, 5) is 40.6. The molecule has 35 heavy (non-hydrogen) atoms. The van der Waals surface area contributed by atoms with Crippen molar-refractivity contribution >= 4 is 17.8 Å². The van der Waals surface area contributed by atoms with Crippen molar-refractivity contribution in [2.24, 2.45) is 0 Å². The molecular formula is C22H27F3N2O8. The zero-order valence-corrected chi connectivity index (χ0v) is 19.3. The third-order valence-corrected chi connectivity index (χ3v) is 4.70. The minimum absolute atomic E-state index is 0.0616. The fourth-order valence-corrected chi connectivity index (χ4v) is 3.08. The smallest absolute Gasteiger partial charge is 0.409 e. The van der Waals surface area contributed by atoms with Crippen molar-refractivity contribution < 1.29 is 51.2 Å². The summed E-state index contributed by atoms with van der Waals surface area (Å²) in [6.45, 7) is 0.766. The van der Waals surface area contributed by atoms with Gasteiger partial charge in [-0.2, -0.15) is 13.2 Å². The Balaban J connectivity index is 2.09. The number of nitrogens with one attached hydrogen (secondary N) is 1. The maximum atomic E-state index is 12.9. The molecule has 1 aromatic heterocycles. The summed E-state index contributed by atoms with van der Waals surface area (Å²) in [6.07, 6.45) is -1.48. The molecule has 13 heteroatoms. The summed E-state index contributed by atoms with van der Waals surface area (Å²) in [5.41, 5.74) is -0.238. The largest absolute Gasteiger partial charge is 0.493 e. The molecule has 1 unspecified atom stereocenters. The monoisotopic (exact) mass is 504 g/mol. The Kier molecular flexibility index (Phi) is 10.8. The van der Waals surface area contributed by atoms with Crippen molar-refractivity contribution in [3.8, 4) is 11.5 Å². The Labute approximate surface area is 199 Å². The van der Waals surface area contributed by atoms with E-state index in [1.165, 1.54) is 26.3 Å². The lowest BCUT2D eigenvalue weighted by molar-refractivity contribution is -0.152. The van der Waals surface area contributed by atoms with Gasteiger partial charge in [0.15, 0.2) is 23.2 Å². The number of cyclic esters (lactones) is 1. The first-order chi connectivity index (χ1) is 16.6. The zero-order chi connectivity index (χ0) is 25.8. The molecule has 2 atom stereocenters. The number of ether oxygens (including phenoxy) is 5. The van der Waals surface area contributed by atoms with Gasteiger partial charge in [-0.15, -0.1) is 0 Å². The molecule has 2 heterocycles. The summed E-state index contributed by atoms with van der Waals surface area (Å²) in [5.74, 6) is -2.18. The Morgan fingerprint density at radius 3 is 2.80 bits per heavy atom. The Bertz CT molecular complexity index is 907. The molecule has 1 fully saturated rings. The van der Waals surface area contributed by atoms with Crippen molar-refractivity contribution in [3.05, 3.63) is 30.1 Å². The summed E-state index contributed by atoms with van der Waals surface area (Å²) in [5, 5.41) is 2.47. The summed E-state index contributed by atoms with van der Waals surface area (Å²) >= 11 is 0. The van der Waals surface area contributed by atoms with E-state index in [9.17, 15) is 27.6 Å². The van der Waals surface area contributed by atoms with Crippen LogP contribution in [0.15, 0.2) is 24.4 Å². The number of methoxy groups -OCH3 is 1. The van der Waals surface area contributed by atoms with Crippen LogP contribution in [0.5, 0.6) is 11.5 Å². The third kappa shape index (κ3) is 9.81. The molecular weight excluding hydrogens is 477 g/mol. The third-order valence-electron chi connectivity index (χ3n) is 4.70. The first kappa shape index (κ1) is 27.9. The SMILES string of the molecule is COc1ccnc(C(=O)N[C@H]2COCCCC(CC/C=C/C(F)(F)F)OC2=O)c1OCOC(C)=O. The second-order valence-corrected chi connectivity index (χ2v) is 7.41. The standard InChI is InChI=1S/C22H27F3N2O8/c1-14(28)33-13-34-19-17(31-2)8-10-26-18(19)20(29)27-16-12-32-11-5-7-15(35-21(16)30)6-3-4-9-22(23,24)25/h4,8-10,15-16H,3,5-7,11-13H2,1-2H3,(H,27,29)/b9-4+/t15?,16-/m0/s1. The number of alkyl halides is 3. The molecule has 1 aromatic rings. The lowest BCUT2D eigenvalue weighted by Gasteiger charge is -2.21. The molecule has 10 nitrogen and oxygen atoms in total. The lowest BCUT2D eigenvalue weighted by Crippen LogP contribution is -2.46. The lowest BCUT2D eigenvalue weighted by atomic mass is 10.1. The number of nitrogens with zero attached hydrogens (tertiary/aromatic N) is 1. The van der Waals surface area contributed by atoms with E-state index in [1.54, 1.807) is 0 Å². The molecule has 1 amide bonds. The molecule has 1 saturated heterocycles. The van der Waals surface area contributed by atoms with Crippen molar-refractivity contribution in [2.75, 3.05) is 27.1 Å². The van der Waals surface area contributed by atoms with E-state index in [2.05, 4.69) is 10.3 Å². The Morgan fingerprint density at radius 2 is 2.11 bits per heavy atom. The highest BCUT2D eigenvalue weighted by molar-refractivity contribution is 5.98. The fraction of sp³-hybridized carbons (Fsp3) is 0.545. The maximum absolute atomic E-state index is 12.9. The van der Waals surface area contributed by atoms with Gasteiger partial charge in [-0.1, -0.05) is 6.08 Å². The van der Waals surface area contributed by atoms with Gasteiger partial charge in [0, 0.05) is 31.9 Å². The van der Waals surface area contributed by atoms with Crippen LogP contribution in [0.1, 0.15) is 43.1 Å². The molecule has 0 bridgehead atoms. The minimum Gasteiger partial charge on any atom is -0.493 e. The van der Waals surface area contributed by atoms with Crippen LogP contribution in [0, 0.1) is 0 Å². The fourth-order valence-electron chi connectivity index (χ4n) is 3.08. The van der Waals surface area contributed by atoms with E-state index in [0.29, 0.717) is 12.8 Å². The van der Waals surface area contributed by atoms with Crippen molar-refractivity contribution in [1.82, 2.24) is 10.3 Å². The minimum atomic E-state index is -4.41. The number of allylic oxidation sites excluding steroid dienone is 2. The summed E-state index contributed by atoms with van der Waals surface area (Å²) < 4.78 is 62.9. The molecule has 0 aromatic carbocycles. The van der Waals surface area contributed by atoms with Gasteiger partial charge in [-0.3, -0.25) is 9.59 Å². The van der Waals surface area contributed by atoms with Crippen LogP contribution in [0.2, 0.25) is 0 Å². The molecule has 1 aliphatic rings. The average Bonchev–Trinajstić information content (AvgIpc) is 2.87. The van der Waals surface area contributed by atoms with Gasteiger partial charge in [-0.25, -0.2) is 9.78 Å². The van der Waals surface area contributed by atoms with E-state index in [-0.39, 0.29) is 49.3 Å². The van der Waals surface area contributed by atoms with Crippen LogP contribution in [0.3, 0.4) is 0 Å². The number of hydrogen-bond acceptors (Lipinski definition) is 9. The number of rotatable bonds is 9. The number of hydrogen-bond donors (Lipinski definition) is 1. The number of aromatic nitrogens is 1. The van der Waals surface area contributed by atoms with Gasteiger partial charge in [-0.05, 0) is 25.7 Å². The van der Waals surface area contributed by atoms with E-state index in [4.69, 9.17) is 23.7 Å². The molecule has 0 aliphatic carbocycles. The molecule has 1 N–H and O–H groups in total. The van der Waals surface area contributed by atoms with E-state index in [1.807, 2.05) is 0 Å². The number of carbonyl (C=O) groups excluding carboxylic acids is 3. The van der Waals surface area contributed by atoms with Gasteiger partial charge in [0.05, 0.1) is 13.7 Å². The summed E-state index contributed by atoms with van der Waals surface area (Å²) in [7, 11) is 1.34. The van der Waals surface area contributed by atoms with Gasteiger partial charge in [0.1, 0.15) is 6.10 Å². The van der Waals surface area contributed by atoms with E-state index < -0.39 is 43.0 Å². The first-order valence-corrected chi connectivity index (χ1v) is 10.7. The molecule has 0 spiro atoms. The van der Waals surface area contributed by atoms with Crippen molar-refractivity contribution in [1.29, 1.82) is 0 Å². The second-order valence-electron chi connectivity index (χ2n) is 7.41. The van der Waals surface area contributed by atoms with E-state index in [0.717, 1.165) is 6.08 Å². The molecule has 0 radical (unpaired) electrons. The quantitative estimate of drug-likeness (QED) is 0.307. The van der Waals surface area contributed by atoms with Crippen LogP contribution in [-0.4, -0.2) is 68.3 Å². The molecule has 2 rings (SSSR count). The maximum Gasteiger partial charge on any atom is 0.409 e. The van der Waals surface area contributed by atoms with E-state index >= 15 is 0 Å². The van der Waals surface area contributed by atoms with Crippen LogP contribution in [-0.2, 0) is 23.8 Å². The van der Waals surface area contributed by atoms with Crippen molar-refractivity contribution in [2.45, 2.75) is 50.9 Å². The second kappa shape index (κ2) is 13.5. The molecule has 0 saturated carbocycles. The highest BCUT2D eigenvalue weighted by Gasteiger charge is 2.30. The van der Waals surface area contributed by atoms with Gasteiger partial charge < -0.3 is 29.0 Å². The number of esters is 2. The topological polar surface area (TPSA) is 122 Å². The Morgan fingerprint density at radius 1 is 1.34 bits per heavy atom. The number of amides is 1. The average molecular weight is 504 g/mol. The number of pyridine rings is 1. The first-order valence-electron chi connectivity index (χ1n) is 10.7. The van der Waals surface area contributed by atoms with Gasteiger partial charge in [0.2, 0.25) is 6.79 Å². The van der Waals surface area contributed by atoms with Crippen LogP contribution >= 0.6 is 0 Å². The van der Waals surface area contributed by atoms with Crippen LogP contribution in [0.4, 0.5) is 13.2 Å². The predicted octanol–water partition coefficient (Wildman–Crippen LogP) is 2.71. The predicted molar refractivity (Wildman–Crippen MR) is 114 cm³/mol. The van der Waals surface area contributed by atoms with Gasteiger partial charge >= 0.3 is 18.1 Å². The highest BCUT2D eigenvalue weighted by atomic mass is 19.4. The number of halogens is 3.